The Morgan fingerprint density at radius 3 is 2.76 bits per heavy atom. The third-order valence-electron chi connectivity index (χ3n) is 3.28. The highest BCUT2D eigenvalue weighted by Crippen LogP contribution is 2.14. The lowest BCUT2D eigenvalue weighted by Crippen LogP contribution is -2.15. The van der Waals surface area contributed by atoms with Gasteiger partial charge in [0, 0.05) is 18.3 Å². The lowest BCUT2D eigenvalue weighted by atomic mass is 10.1. The Bertz CT molecular complexity index is 514. The van der Waals surface area contributed by atoms with Gasteiger partial charge in [-0.3, -0.25) is 0 Å². The number of pyridine rings is 1. The molecule has 0 atom stereocenters. The summed E-state index contributed by atoms with van der Waals surface area (Å²) < 4.78 is 5.84. The van der Waals surface area contributed by atoms with Crippen LogP contribution >= 0.6 is 0 Å². The van der Waals surface area contributed by atoms with Gasteiger partial charge in [0.05, 0.1) is 6.61 Å². The topological polar surface area (TPSA) is 34.2 Å². The van der Waals surface area contributed by atoms with Gasteiger partial charge in [-0.1, -0.05) is 43.3 Å². The number of nitrogens with one attached hydrogen (secondary N) is 1. The first kappa shape index (κ1) is 15.5. The van der Waals surface area contributed by atoms with Crippen molar-refractivity contribution < 1.29 is 4.74 Å². The summed E-state index contributed by atoms with van der Waals surface area (Å²) >= 11 is 0. The number of aryl methyl sites for hydroxylation is 1. The molecule has 21 heavy (non-hydrogen) atoms. The third kappa shape index (κ3) is 5.56. The van der Waals surface area contributed by atoms with Crippen LogP contribution in [0.1, 0.15) is 30.9 Å². The summed E-state index contributed by atoms with van der Waals surface area (Å²) in [4.78, 5) is 4.34. The van der Waals surface area contributed by atoms with Crippen molar-refractivity contribution in [2.75, 3.05) is 13.2 Å². The number of hydrogen-bond acceptors (Lipinski definition) is 3. The standard InChI is InChI=1S/C18H24N2O/c1-2-12-19-15-17-11-6-13-20-18(17)21-14-7-10-16-8-4-3-5-9-16/h3-6,8-9,11,13,19H,2,7,10,12,14-15H2,1H3. The minimum absolute atomic E-state index is 0.701. The molecule has 2 aromatic rings. The van der Waals surface area contributed by atoms with Gasteiger partial charge in [-0.15, -0.1) is 0 Å². The Kier molecular flexibility index (Phi) is 6.75. The van der Waals surface area contributed by atoms with Crippen LogP contribution < -0.4 is 10.1 Å². The maximum Gasteiger partial charge on any atom is 0.217 e. The van der Waals surface area contributed by atoms with Crippen LogP contribution in [-0.2, 0) is 13.0 Å². The third-order valence-corrected chi connectivity index (χ3v) is 3.28. The van der Waals surface area contributed by atoms with Gasteiger partial charge in [-0.25, -0.2) is 4.98 Å². The van der Waals surface area contributed by atoms with E-state index in [-0.39, 0.29) is 0 Å². The maximum absolute atomic E-state index is 5.84. The van der Waals surface area contributed by atoms with E-state index in [1.165, 1.54) is 5.56 Å². The zero-order valence-electron chi connectivity index (χ0n) is 12.7. The number of ether oxygens (including phenoxy) is 1. The fourth-order valence-corrected chi connectivity index (χ4v) is 2.18. The quantitative estimate of drug-likeness (QED) is 0.715. The van der Waals surface area contributed by atoms with Crippen molar-refractivity contribution in [2.24, 2.45) is 0 Å². The summed E-state index contributed by atoms with van der Waals surface area (Å²) in [5, 5.41) is 3.39. The molecule has 0 saturated carbocycles. The van der Waals surface area contributed by atoms with E-state index in [2.05, 4.69) is 47.6 Å². The molecular formula is C18H24N2O. The van der Waals surface area contributed by atoms with Crippen molar-refractivity contribution in [3.05, 3.63) is 59.8 Å². The summed E-state index contributed by atoms with van der Waals surface area (Å²) in [5.41, 5.74) is 2.48. The molecule has 0 amide bonds. The van der Waals surface area contributed by atoms with E-state index in [4.69, 9.17) is 4.74 Å². The second-order valence-electron chi connectivity index (χ2n) is 5.08. The summed E-state index contributed by atoms with van der Waals surface area (Å²) in [7, 11) is 0. The molecule has 1 N–H and O–H groups in total. The highest BCUT2D eigenvalue weighted by Gasteiger charge is 2.04. The fraction of sp³-hybridized carbons (Fsp3) is 0.389. The molecular weight excluding hydrogens is 260 g/mol. The largest absolute Gasteiger partial charge is 0.477 e. The monoisotopic (exact) mass is 284 g/mol. The summed E-state index contributed by atoms with van der Waals surface area (Å²) in [6.45, 7) is 4.70. The van der Waals surface area contributed by atoms with Crippen LogP contribution in [0.2, 0.25) is 0 Å². The second kappa shape index (κ2) is 9.14. The molecule has 1 aromatic carbocycles. The normalized spacial score (nSPS) is 10.5. The van der Waals surface area contributed by atoms with Crippen LogP contribution in [0.5, 0.6) is 5.88 Å². The van der Waals surface area contributed by atoms with Crippen LogP contribution in [0.3, 0.4) is 0 Å². The van der Waals surface area contributed by atoms with E-state index < -0.39 is 0 Å². The highest BCUT2D eigenvalue weighted by molar-refractivity contribution is 5.25. The van der Waals surface area contributed by atoms with Crippen LogP contribution in [0.25, 0.3) is 0 Å². The molecule has 1 heterocycles. The molecule has 0 fully saturated rings. The average Bonchev–Trinajstić information content (AvgIpc) is 2.54. The maximum atomic E-state index is 5.84. The summed E-state index contributed by atoms with van der Waals surface area (Å²) in [5.74, 6) is 0.758. The number of rotatable bonds is 9. The molecule has 3 nitrogen and oxygen atoms in total. The van der Waals surface area contributed by atoms with Crippen molar-refractivity contribution in [3.8, 4) is 5.88 Å². The zero-order valence-corrected chi connectivity index (χ0v) is 12.7. The molecule has 0 radical (unpaired) electrons. The first-order chi connectivity index (χ1) is 10.4. The lowest BCUT2D eigenvalue weighted by molar-refractivity contribution is 0.295. The summed E-state index contributed by atoms with van der Waals surface area (Å²) in [6, 6.07) is 14.5. The van der Waals surface area contributed by atoms with Gasteiger partial charge in [0.25, 0.3) is 0 Å². The molecule has 0 aliphatic carbocycles. The van der Waals surface area contributed by atoms with Gasteiger partial charge in [-0.2, -0.15) is 0 Å². The van der Waals surface area contributed by atoms with Crippen LogP contribution in [0.15, 0.2) is 48.7 Å². The fourth-order valence-electron chi connectivity index (χ4n) is 2.18. The Morgan fingerprint density at radius 2 is 1.95 bits per heavy atom. The predicted molar refractivity (Wildman–Crippen MR) is 86.5 cm³/mol. The second-order valence-corrected chi connectivity index (χ2v) is 5.08. The Hall–Kier alpha value is -1.87. The van der Waals surface area contributed by atoms with Crippen LogP contribution in [0.4, 0.5) is 0 Å². The minimum atomic E-state index is 0.701. The Labute approximate surface area is 127 Å². The molecule has 0 spiro atoms. The van der Waals surface area contributed by atoms with Gasteiger partial charge >= 0.3 is 0 Å². The smallest absolute Gasteiger partial charge is 0.217 e. The molecule has 2 rings (SSSR count). The zero-order chi connectivity index (χ0) is 14.8. The molecule has 112 valence electrons. The van der Waals surface area contributed by atoms with E-state index in [9.17, 15) is 0 Å². The summed E-state index contributed by atoms with van der Waals surface area (Å²) in [6.07, 6.45) is 4.96. The van der Waals surface area contributed by atoms with E-state index in [0.717, 1.165) is 43.8 Å². The van der Waals surface area contributed by atoms with Crippen molar-refractivity contribution in [1.82, 2.24) is 10.3 Å². The number of aromatic nitrogens is 1. The number of hydrogen-bond donors (Lipinski definition) is 1. The van der Waals surface area contributed by atoms with E-state index in [0.29, 0.717) is 6.61 Å². The van der Waals surface area contributed by atoms with E-state index in [1.54, 1.807) is 6.20 Å². The van der Waals surface area contributed by atoms with Gasteiger partial charge in [0.2, 0.25) is 5.88 Å². The first-order valence-electron chi connectivity index (χ1n) is 7.71. The van der Waals surface area contributed by atoms with Crippen molar-refractivity contribution in [3.63, 3.8) is 0 Å². The van der Waals surface area contributed by atoms with Gasteiger partial charge in [-0.05, 0) is 37.4 Å². The SMILES string of the molecule is CCCNCc1cccnc1OCCCc1ccccc1. The molecule has 0 bridgehead atoms. The predicted octanol–water partition coefficient (Wildman–Crippen LogP) is 3.59. The molecule has 0 saturated heterocycles. The van der Waals surface area contributed by atoms with Gasteiger partial charge < -0.3 is 10.1 Å². The Morgan fingerprint density at radius 1 is 1.10 bits per heavy atom. The van der Waals surface area contributed by atoms with Crippen molar-refractivity contribution >= 4 is 0 Å². The van der Waals surface area contributed by atoms with Crippen LogP contribution in [-0.4, -0.2) is 18.1 Å². The molecule has 1 aromatic heterocycles. The molecule has 3 heteroatoms. The molecule has 0 aliphatic rings. The van der Waals surface area contributed by atoms with Crippen molar-refractivity contribution in [2.45, 2.75) is 32.7 Å². The molecule has 0 aliphatic heterocycles. The first-order valence-corrected chi connectivity index (χ1v) is 7.71. The minimum Gasteiger partial charge on any atom is -0.477 e. The van der Waals surface area contributed by atoms with Crippen molar-refractivity contribution in [1.29, 1.82) is 0 Å². The average molecular weight is 284 g/mol. The lowest BCUT2D eigenvalue weighted by Gasteiger charge is -2.10. The molecule has 0 unspecified atom stereocenters. The van der Waals surface area contributed by atoms with E-state index >= 15 is 0 Å². The van der Waals surface area contributed by atoms with Gasteiger partial charge in [0.15, 0.2) is 0 Å². The Balaban J connectivity index is 1.77. The van der Waals surface area contributed by atoms with E-state index in [1.807, 2.05) is 12.1 Å². The highest BCUT2D eigenvalue weighted by atomic mass is 16.5. The number of benzene rings is 1. The van der Waals surface area contributed by atoms with Crippen LogP contribution in [0, 0.1) is 0 Å². The number of nitrogens with zero attached hydrogens (tertiary/aromatic N) is 1. The van der Waals surface area contributed by atoms with Gasteiger partial charge in [0.1, 0.15) is 0 Å².